The van der Waals surface area contributed by atoms with Crippen molar-refractivity contribution >= 4 is 23.4 Å². The van der Waals surface area contributed by atoms with Gasteiger partial charge in [0.1, 0.15) is 11.0 Å². The first-order valence-electron chi connectivity index (χ1n) is 9.91. The van der Waals surface area contributed by atoms with E-state index in [0.717, 1.165) is 76.1 Å². The SMILES string of the molecule is CN(c1ccnc(N2CCOCC2)n1)C1CCN(Cc2cccnc2Cl)CC1. The van der Waals surface area contributed by atoms with Gasteiger partial charge in [-0.15, -0.1) is 0 Å². The fraction of sp³-hybridized carbons (Fsp3) is 0.550. The fourth-order valence-corrected chi connectivity index (χ4v) is 4.06. The minimum absolute atomic E-state index is 0.480. The number of aromatic nitrogens is 3. The van der Waals surface area contributed by atoms with Crippen LogP contribution in [0.3, 0.4) is 0 Å². The Morgan fingerprint density at radius 1 is 1.11 bits per heavy atom. The van der Waals surface area contributed by atoms with Crippen molar-refractivity contribution in [3.05, 3.63) is 41.3 Å². The first-order chi connectivity index (χ1) is 13.7. The Bertz CT molecular complexity index is 777. The second-order valence-electron chi connectivity index (χ2n) is 7.39. The van der Waals surface area contributed by atoms with Crippen LogP contribution in [0.15, 0.2) is 30.6 Å². The smallest absolute Gasteiger partial charge is 0.227 e. The molecule has 0 saturated carbocycles. The van der Waals surface area contributed by atoms with Gasteiger partial charge in [-0.3, -0.25) is 4.90 Å². The second kappa shape index (κ2) is 9.03. The summed E-state index contributed by atoms with van der Waals surface area (Å²) in [4.78, 5) is 20.4. The summed E-state index contributed by atoms with van der Waals surface area (Å²) < 4.78 is 5.43. The molecule has 7 nitrogen and oxygen atoms in total. The van der Waals surface area contributed by atoms with Gasteiger partial charge < -0.3 is 14.5 Å². The predicted octanol–water partition coefficient (Wildman–Crippen LogP) is 2.46. The molecule has 0 aromatic carbocycles. The Kier molecular flexibility index (Phi) is 6.24. The molecular weight excluding hydrogens is 376 g/mol. The maximum Gasteiger partial charge on any atom is 0.227 e. The highest BCUT2D eigenvalue weighted by molar-refractivity contribution is 6.30. The molecule has 0 bridgehead atoms. The number of ether oxygens (including phenoxy) is 1. The number of pyridine rings is 1. The molecule has 0 N–H and O–H groups in total. The minimum Gasteiger partial charge on any atom is -0.378 e. The first-order valence-corrected chi connectivity index (χ1v) is 10.3. The molecule has 28 heavy (non-hydrogen) atoms. The van der Waals surface area contributed by atoms with Crippen LogP contribution in [0.2, 0.25) is 5.15 Å². The van der Waals surface area contributed by atoms with Crippen LogP contribution < -0.4 is 9.80 Å². The molecule has 2 aliphatic heterocycles. The van der Waals surface area contributed by atoms with Crippen LogP contribution in [0.5, 0.6) is 0 Å². The summed E-state index contributed by atoms with van der Waals surface area (Å²) in [6.07, 6.45) is 5.81. The van der Waals surface area contributed by atoms with Crippen LogP contribution in [0.4, 0.5) is 11.8 Å². The largest absolute Gasteiger partial charge is 0.378 e. The zero-order valence-corrected chi connectivity index (χ0v) is 17.1. The Balaban J connectivity index is 1.35. The molecule has 0 aliphatic carbocycles. The monoisotopic (exact) mass is 402 g/mol. The Morgan fingerprint density at radius 3 is 2.64 bits per heavy atom. The van der Waals surface area contributed by atoms with Crippen molar-refractivity contribution in [1.29, 1.82) is 0 Å². The molecule has 0 amide bonds. The van der Waals surface area contributed by atoms with Crippen molar-refractivity contribution < 1.29 is 4.74 Å². The molecule has 2 aromatic heterocycles. The van der Waals surface area contributed by atoms with E-state index in [-0.39, 0.29) is 0 Å². The lowest BCUT2D eigenvalue weighted by Crippen LogP contribution is -2.43. The molecule has 2 aliphatic rings. The predicted molar refractivity (Wildman–Crippen MR) is 111 cm³/mol. The number of halogens is 1. The minimum atomic E-state index is 0.480. The van der Waals surface area contributed by atoms with E-state index in [1.807, 2.05) is 18.3 Å². The number of hydrogen-bond acceptors (Lipinski definition) is 7. The maximum absolute atomic E-state index is 6.21. The summed E-state index contributed by atoms with van der Waals surface area (Å²) in [5.41, 5.74) is 1.10. The van der Waals surface area contributed by atoms with E-state index in [1.165, 1.54) is 0 Å². The van der Waals surface area contributed by atoms with Gasteiger partial charge in [0.25, 0.3) is 0 Å². The third kappa shape index (κ3) is 4.54. The van der Waals surface area contributed by atoms with Gasteiger partial charge in [-0.2, -0.15) is 4.98 Å². The van der Waals surface area contributed by atoms with Crippen molar-refractivity contribution in [1.82, 2.24) is 19.9 Å². The number of likely N-dealkylation sites (tertiary alicyclic amines) is 1. The molecule has 0 radical (unpaired) electrons. The van der Waals surface area contributed by atoms with E-state index in [4.69, 9.17) is 21.3 Å². The lowest BCUT2D eigenvalue weighted by Gasteiger charge is -2.37. The number of hydrogen-bond donors (Lipinski definition) is 0. The average molecular weight is 403 g/mol. The van der Waals surface area contributed by atoms with E-state index in [1.54, 1.807) is 6.20 Å². The number of morpholine rings is 1. The maximum atomic E-state index is 6.21. The summed E-state index contributed by atoms with van der Waals surface area (Å²) >= 11 is 6.21. The second-order valence-corrected chi connectivity index (χ2v) is 7.74. The third-order valence-corrected chi connectivity index (χ3v) is 5.96. The molecule has 4 heterocycles. The normalized spacial score (nSPS) is 19.0. The van der Waals surface area contributed by atoms with Gasteiger partial charge in [0.2, 0.25) is 5.95 Å². The summed E-state index contributed by atoms with van der Waals surface area (Å²) in [5, 5.41) is 0.610. The Hall–Kier alpha value is -1.96. The molecule has 2 fully saturated rings. The van der Waals surface area contributed by atoms with Gasteiger partial charge >= 0.3 is 0 Å². The molecule has 4 rings (SSSR count). The van der Waals surface area contributed by atoms with Crippen LogP contribution in [0.25, 0.3) is 0 Å². The lowest BCUT2D eigenvalue weighted by atomic mass is 10.0. The zero-order chi connectivity index (χ0) is 19.3. The zero-order valence-electron chi connectivity index (χ0n) is 16.3. The van der Waals surface area contributed by atoms with Crippen molar-refractivity contribution in [2.75, 3.05) is 56.2 Å². The highest BCUT2D eigenvalue weighted by Crippen LogP contribution is 2.24. The Morgan fingerprint density at radius 2 is 1.89 bits per heavy atom. The fourth-order valence-electron chi connectivity index (χ4n) is 3.88. The summed E-state index contributed by atoms with van der Waals surface area (Å²) in [5.74, 6) is 1.79. The number of rotatable bonds is 5. The lowest BCUT2D eigenvalue weighted by molar-refractivity contribution is 0.122. The van der Waals surface area contributed by atoms with E-state index in [9.17, 15) is 0 Å². The quantitative estimate of drug-likeness (QED) is 0.712. The van der Waals surface area contributed by atoms with Crippen molar-refractivity contribution in [2.45, 2.75) is 25.4 Å². The first kappa shape index (κ1) is 19.4. The van der Waals surface area contributed by atoms with E-state index >= 15 is 0 Å². The molecular formula is C20H27ClN6O. The summed E-state index contributed by atoms with van der Waals surface area (Å²) in [7, 11) is 2.14. The molecule has 2 aromatic rings. The van der Waals surface area contributed by atoms with Crippen molar-refractivity contribution in [2.24, 2.45) is 0 Å². The number of anilines is 2. The summed E-state index contributed by atoms with van der Waals surface area (Å²) in [6, 6.07) is 6.49. The van der Waals surface area contributed by atoms with Crippen molar-refractivity contribution in [3.63, 3.8) is 0 Å². The Labute approximate surface area is 171 Å². The van der Waals surface area contributed by atoms with Gasteiger partial charge in [0, 0.05) is 63.8 Å². The molecule has 2 saturated heterocycles. The highest BCUT2D eigenvalue weighted by atomic mass is 35.5. The van der Waals surface area contributed by atoms with E-state index in [2.05, 4.69) is 37.8 Å². The molecule has 0 unspecified atom stereocenters. The number of piperidine rings is 1. The highest BCUT2D eigenvalue weighted by Gasteiger charge is 2.24. The van der Waals surface area contributed by atoms with Gasteiger partial charge in [-0.25, -0.2) is 9.97 Å². The van der Waals surface area contributed by atoms with Crippen molar-refractivity contribution in [3.8, 4) is 0 Å². The van der Waals surface area contributed by atoms with E-state index < -0.39 is 0 Å². The molecule has 8 heteroatoms. The van der Waals surface area contributed by atoms with Gasteiger partial charge in [0.05, 0.1) is 13.2 Å². The molecule has 150 valence electrons. The average Bonchev–Trinajstić information content (AvgIpc) is 2.76. The van der Waals surface area contributed by atoms with E-state index in [0.29, 0.717) is 11.2 Å². The molecule has 0 spiro atoms. The summed E-state index contributed by atoms with van der Waals surface area (Å²) in [6.45, 7) is 6.12. The van der Waals surface area contributed by atoms with Gasteiger partial charge in [0.15, 0.2) is 0 Å². The van der Waals surface area contributed by atoms with Gasteiger partial charge in [-0.05, 0) is 25.0 Å². The topological polar surface area (TPSA) is 57.6 Å². The van der Waals surface area contributed by atoms with Crippen LogP contribution >= 0.6 is 11.6 Å². The van der Waals surface area contributed by atoms with Crippen LogP contribution in [0, 0.1) is 0 Å². The molecule has 0 atom stereocenters. The number of nitrogens with zero attached hydrogens (tertiary/aromatic N) is 6. The van der Waals surface area contributed by atoms with Crippen LogP contribution in [-0.2, 0) is 11.3 Å². The van der Waals surface area contributed by atoms with Gasteiger partial charge in [-0.1, -0.05) is 17.7 Å². The van der Waals surface area contributed by atoms with Crippen LogP contribution in [-0.4, -0.2) is 72.3 Å². The third-order valence-electron chi connectivity index (χ3n) is 5.62. The standard InChI is InChI=1S/C20H27ClN6O/c1-25(18-4-8-23-20(24-18)27-11-13-28-14-12-27)17-5-9-26(10-6-17)15-16-3-2-7-22-19(16)21/h2-4,7-8,17H,5-6,9-15H2,1H3. The van der Waals surface area contributed by atoms with Crippen LogP contribution in [0.1, 0.15) is 18.4 Å².